The highest BCUT2D eigenvalue weighted by Crippen LogP contribution is 2.15. The predicted molar refractivity (Wildman–Crippen MR) is 78.0 cm³/mol. The molecule has 4 nitrogen and oxygen atoms in total. The van der Waals surface area contributed by atoms with Crippen molar-refractivity contribution in [2.45, 2.75) is 0 Å². The smallest absolute Gasteiger partial charge is 0.141 e. The van der Waals surface area contributed by atoms with Crippen LogP contribution < -0.4 is 0 Å². The molecule has 0 aliphatic carbocycles. The van der Waals surface area contributed by atoms with Crippen molar-refractivity contribution >= 4 is 16.8 Å². The molecule has 2 aromatic heterocycles. The van der Waals surface area contributed by atoms with E-state index in [-0.39, 0.29) is 5.76 Å². The highest BCUT2D eigenvalue weighted by molar-refractivity contribution is 5.81. The topological polar surface area (TPSA) is 61.8 Å². The molecule has 3 rings (SSSR count). The van der Waals surface area contributed by atoms with Gasteiger partial charge in [-0.15, -0.1) is 0 Å². The van der Waals surface area contributed by atoms with Crippen LogP contribution in [-0.2, 0) is 0 Å². The number of aliphatic hydroxyl groups excluding tert-OH is 1. The van der Waals surface area contributed by atoms with Gasteiger partial charge in [0.2, 0.25) is 0 Å². The van der Waals surface area contributed by atoms with Crippen LogP contribution in [0.5, 0.6) is 0 Å². The first-order valence-electron chi connectivity index (χ1n) is 6.03. The maximum absolute atomic E-state index is 9.55. The Balaban J connectivity index is 2.09. The van der Waals surface area contributed by atoms with Gasteiger partial charge in [0.25, 0.3) is 0 Å². The molecule has 0 bridgehead atoms. The van der Waals surface area contributed by atoms with Gasteiger partial charge >= 0.3 is 0 Å². The maximum atomic E-state index is 9.55. The van der Waals surface area contributed by atoms with Gasteiger partial charge in [-0.3, -0.25) is 0 Å². The molecule has 0 radical (unpaired) electrons. The van der Waals surface area contributed by atoms with E-state index in [1.54, 1.807) is 12.3 Å². The molecule has 0 aliphatic heterocycles. The number of fused-ring (bicyclic) bond motifs is 1. The predicted octanol–water partition coefficient (Wildman–Crippen LogP) is 2.89. The third-order valence-electron chi connectivity index (χ3n) is 2.91. The molecule has 3 aromatic rings. The summed E-state index contributed by atoms with van der Waals surface area (Å²) in [5.74, 6) is 6.03. The molecule has 0 saturated carbocycles. The second kappa shape index (κ2) is 4.90. The van der Waals surface area contributed by atoms with Crippen molar-refractivity contribution in [2.24, 2.45) is 0 Å². The number of hydrogen-bond donors (Lipinski definition) is 2. The third kappa shape index (κ3) is 2.13. The van der Waals surface area contributed by atoms with Crippen molar-refractivity contribution in [2.75, 3.05) is 0 Å². The van der Waals surface area contributed by atoms with Crippen LogP contribution in [0.4, 0.5) is 0 Å². The Bertz CT molecular complexity index is 853. The Morgan fingerprint density at radius 2 is 2.00 bits per heavy atom. The van der Waals surface area contributed by atoms with Crippen molar-refractivity contribution < 1.29 is 5.11 Å². The van der Waals surface area contributed by atoms with Crippen LogP contribution in [0.2, 0.25) is 0 Å². The molecule has 0 amide bonds. The van der Waals surface area contributed by atoms with Crippen LogP contribution in [0.15, 0.2) is 49.4 Å². The van der Waals surface area contributed by atoms with E-state index in [0.29, 0.717) is 16.8 Å². The first-order valence-corrected chi connectivity index (χ1v) is 6.03. The molecule has 2 N–H and O–H groups in total. The Morgan fingerprint density at radius 3 is 2.85 bits per heavy atom. The molecule has 20 heavy (non-hydrogen) atoms. The van der Waals surface area contributed by atoms with E-state index in [1.165, 1.54) is 6.33 Å². The van der Waals surface area contributed by atoms with Gasteiger partial charge in [-0.1, -0.05) is 30.7 Å². The van der Waals surface area contributed by atoms with Crippen LogP contribution in [0.3, 0.4) is 0 Å². The molecule has 0 spiro atoms. The molecule has 2 heterocycles. The molecule has 96 valence electrons. The number of rotatable bonds is 1. The molecule has 4 heteroatoms. The fourth-order valence-corrected chi connectivity index (χ4v) is 1.94. The van der Waals surface area contributed by atoms with Gasteiger partial charge in [0.15, 0.2) is 0 Å². The summed E-state index contributed by atoms with van der Waals surface area (Å²) in [6.45, 7) is 3.54. The second-order valence-electron chi connectivity index (χ2n) is 4.20. The fourth-order valence-electron chi connectivity index (χ4n) is 1.94. The lowest BCUT2D eigenvalue weighted by atomic mass is 10.1. The van der Waals surface area contributed by atoms with Crippen LogP contribution >= 0.6 is 0 Å². The van der Waals surface area contributed by atoms with E-state index in [4.69, 9.17) is 0 Å². The molecule has 0 atom stereocenters. The summed E-state index contributed by atoms with van der Waals surface area (Å²) in [4.78, 5) is 11.3. The van der Waals surface area contributed by atoms with E-state index in [2.05, 4.69) is 33.4 Å². The van der Waals surface area contributed by atoms with E-state index in [9.17, 15) is 5.11 Å². The number of aromatic amines is 1. The Labute approximate surface area is 115 Å². The van der Waals surface area contributed by atoms with Gasteiger partial charge in [-0.25, -0.2) is 9.97 Å². The van der Waals surface area contributed by atoms with Crippen molar-refractivity contribution in [3.05, 3.63) is 66.3 Å². The Hall–Kier alpha value is -3.06. The minimum atomic E-state index is 0.00405. The zero-order valence-electron chi connectivity index (χ0n) is 10.6. The molecule has 0 unspecified atom stereocenters. The Kier molecular flexibility index (Phi) is 2.94. The van der Waals surface area contributed by atoms with Crippen molar-refractivity contribution in [1.29, 1.82) is 0 Å². The summed E-state index contributed by atoms with van der Waals surface area (Å²) in [6, 6.07) is 9.19. The lowest BCUT2D eigenvalue weighted by Crippen LogP contribution is -1.89. The largest absolute Gasteiger partial charge is 0.508 e. The molecule has 0 aliphatic rings. The summed E-state index contributed by atoms with van der Waals surface area (Å²) in [6.07, 6.45) is 3.27. The first-order chi connectivity index (χ1) is 9.75. The van der Waals surface area contributed by atoms with Crippen molar-refractivity contribution in [3.8, 4) is 11.8 Å². The van der Waals surface area contributed by atoms with Crippen LogP contribution in [0.25, 0.3) is 16.8 Å². The van der Waals surface area contributed by atoms with Crippen molar-refractivity contribution in [1.82, 2.24) is 15.0 Å². The first kappa shape index (κ1) is 12.0. The fraction of sp³-hybridized carbons (Fsp3) is 0. The molecule has 0 fully saturated rings. The second-order valence-corrected chi connectivity index (χ2v) is 4.20. The van der Waals surface area contributed by atoms with Gasteiger partial charge < -0.3 is 10.1 Å². The minimum Gasteiger partial charge on any atom is -0.508 e. The average molecular weight is 261 g/mol. The van der Waals surface area contributed by atoms with E-state index < -0.39 is 0 Å². The van der Waals surface area contributed by atoms with E-state index in [1.807, 2.05) is 24.3 Å². The van der Waals surface area contributed by atoms with Gasteiger partial charge in [0, 0.05) is 17.3 Å². The molecular weight excluding hydrogens is 250 g/mol. The summed E-state index contributed by atoms with van der Waals surface area (Å²) in [5.41, 5.74) is 2.74. The number of benzene rings is 1. The van der Waals surface area contributed by atoms with Crippen LogP contribution in [0.1, 0.15) is 16.8 Å². The van der Waals surface area contributed by atoms with Gasteiger partial charge in [-0.05, 0) is 18.1 Å². The summed E-state index contributed by atoms with van der Waals surface area (Å²) < 4.78 is 0. The normalized spacial score (nSPS) is 10.0. The number of hydrogen-bond acceptors (Lipinski definition) is 3. The van der Waals surface area contributed by atoms with Crippen LogP contribution in [0, 0.1) is 11.8 Å². The third-order valence-corrected chi connectivity index (χ3v) is 2.91. The zero-order chi connectivity index (χ0) is 13.9. The Morgan fingerprint density at radius 1 is 1.15 bits per heavy atom. The molecule has 1 aromatic carbocycles. The summed E-state index contributed by atoms with van der Waals surface area (Å²) >= 11 is 0. The van der Waals surface area contributed by atoms with E-state index >= 15 is 0 Å². The van der Waals surface area contributed by atoms with E-state index in [0.717, 1.165) is 11.0 Å². The number of aliphatic hydroxyl groups is 1. The van der Waals surface area contributed by atoms with Gasteiger partial charge in [-0.2, -0.15) is 0 Å². The lowest BCUT2D eigenvalue weighted by Gasteiger charge is -2.01. The highest BCUT2D eigenvalue weighted by Gasteiger charge is 2.03. The zero-order valence-corrected chi connectivity index (χ0v) is 10.6. The van der Waals surface area contributed by atoms with Gasteiger partial charge in [0.1, 0.15) is 23.4 Å². The maximum Gasteiger partial charge on any atom is 0.141 e. The monoisotopic (exact) mass is 261 g/mol. The average Bonchev–Trinajstić information content (AvgIpc) is 2.94. The number of aromatic nitrogens is 3. The number of H-pyrrole nitrogens is 1. The summed E-state index contributed by atoms with van der Waals surface area (Å²) in [5, 5.41) is 10.4. The SMILES string of the molecule is C=C(O)c1ccccc1C#Cc1ncnc2[nH]ccc12. The van der Waals surface area contributed by atoms with Crippen molar-refractivity contribution in [3.63, 3.8) is 0 Å². The highest BCUT2D eigenvalue weighted by atomic mass is 16.3. The van der Waals surface area contributed by atoms with Gasteiger partial charge in [0.05, 0.1) is 5.39 Å². The minimum absolute atomic E-state index is 0.00405. The number of nitrogens with zero attached hydrogens (tertiary/aromatic N) is 2. The quantitative estimate of drug-likeness (QED) is 0.523. The molecular formula is C16H11N3O. The van der Waals surface area contributed by atoms with Crippen LogP contribution in [-0.4, -0.2) is 20.1 Å². The standard InChI is InChI=1S/C16H11N3O/c1-11(20)13-5-3-2-4-12(13)6-7-15-14-8-9-17-16(14)19-10-18-15/h2-5,8-10,20H,1H2,(H,17,18,19). The number of nitrogens with one attached hydrogen (secondary N) is 1. The lowest BCUT2D eigenvalue weighted by molar-refractivity contribution is 0.513. The summed E-state index contributed by atoms with van der Waals surface area (Å²) in [7, 11) is 0. The molecule has 0 saturated heterocycles.